The summed E-state index contributed by atoms with van der Waals surface area (Å²) in [6, 6.07) is 13.3. The summed E-state index contributed by atoms with van der Waals surface area (Å²) >= 11 is 1.54. The van der Waals surface area contributed by atoms with Crippen LogP contribution in [0, 0.1) is 0 Å². The SMILES string of the molecule is CS(=O)(=O)c1ccncc1Nc1cc(-c2ccc3sc(N)cc3c2)c2nccnc2c1. The predicted molar refractivity (Wildman–Crippen MR) is 125 cm³/mol. The van der Waals surface area contributed by atoms with Crippen LogP contribution in [0.3, 0.4) is 0 Å². The van der Waals surface area contributed by atoms with E-state index >= 15 is 0 Å². The number of nitrogen functional groups attached to an aromatic ring is 1. The third-order valence-corrected chi connectivity index (χ3v) is 6.98. The molecule has 0 aliphatic carbocycles. The van der Waals surface area contributed by atoms with Crippen LogP contribution in [0.15, 0.2) is 72.1 Å². The van der Waals surface area contributed by atoms with Crippen molar-refractivity contribution in [1.29, 1.82) is 0 Å². The van der Waals surface area contributed by atoms with Crippen LogP contribution in [-0.2, 0) is 9.84 Å². The van der Waals surface area contributed by atoms with Gasteiger partial charge < -0.3 is 11.1 Å². The molecule has 0 amide bonds. The molecule has 3 heterocycles. The predicted octanol–water partition coefficient (Wildman–Crippen LogP) is 4.64. The van der Waals surface area contributed by atoms with Crippen molar-refractivity contribution < 1.29 is 8.42 Å². The summed E-state index contributed by atoms with van der Waals surface area (Å²) in [5, 5.41) is 5.01. The molecule has 0 aliphatic heterocycles. The zero-order valence-electron chi connectivity index (χ0n) is 16.4. The van der Waals surface area contributed by atoms with E-state index < -0.39 is 9.84 Å². The minimum atomic E-state index is -3.42. The van der Waals surface area contributed by atoms with Gasteiger partial charge in [-0.15, -0.1) is 11.3 Å². The molecule has 0 spiro atoms. The number of benzene rings is 2. The summed E-state index contributed by atoms with van der Waals surface area (Å²) in [6.45, 7) is 0. The Bertz CT molecular complexity index is 1560. The Kier molecular flexibility index (Phi) is 4.57. The lowest BCUT2D eigenvalue weighted by Gasteiger charge is -2.13. The maximum atomic E-state index is 12.2. The first-order chi connectivity index (χ1) is 14.9. The maximum absolute atomic E-state index is 12.2. The summed E-state index contributed by atoms with van der Waals surface area (Å²) < 4.78 is 25.5. The molecule has 0 aliphatic rings. The Morgan fingerprint density at radius 1 is 1.00 bits per heavy atom. The minimum Gasteiger partial charge on any atom is -0.391 e. The van der Waals surface area contributed by atoms with Crippen molar-refractivity contribution >= 4 is 58.7 Å². The first-order valence-corrected chi connectivity index (χ1v) is 12.0. The highest BCUT2D eigenvalue weighted by molar-refractivity contribution is 7.90. The largest absolute Gasteiger partial charge is 0.391 e. The molecule has 7 nitrogen and oxygen atoms in total. The average Bonchev–Trinajstić information content (AvgIpc) is 3.12. The van der Waals surface area contributed by atoms with Crippen LogP contribution in [-0.4, -0.2) is 29.6 Å². The van der Waals surface area contributed by atoms with Gasteiger partial charge in [0.1, 0.15) is 0 Å². The van der Waals surface area contributed by atoms with Gasteiger partial charge in [-0.25, -0.2) is 8.42 Å². The van der Waals surface area contributed by atoms with Crippen molar-refractivity contribution in [1.82, 2.24) is 15.0 Å². The standard InChI is InChI=1S/C22H17N5O2S2/c1-31(28,29)20-4-5-24-12-18(20)27-15-10-16(22-17(11-15)25-6-7-26-22)13-2-3-19-14(8-13)9-21(23)30-19/h2-12,27H,23H2,1H3. The monoisotopic (exact) mass is 447 g/mol. The van der Waals surface area contributed by atoms with Gasteiger partial charge in [-0.2, -0.15) is 0 Å². The highest BCUT2D eigenvalue weighted by Crippen LogP contribution is 2.36. The van der Waals surface area contributed by atoms with Crippen molar-refractivity contribution in [2.24, 2.45) is 0 Å². The second-order valence-electron chi connectivity index (χ2n) is 7.12. The Balaban J connectivity index is 1.68. The Morgan fingerprint density at radius 2 is 1.84 bits per heavy atom. The number of aromatic nitrogens is 3. The maximum Gasteiger partial charge on any atom is 0.177 e. The van der Waals surface area contributed by atoms with Gasteiger partial charge in [-0.1, -0.05) is 6.07 Å². The lowest BCUT2D eigenvalue weighted by atomic mass is 10.0. The zero-order chi connectivity index (χ0) is 21.6. The third-order valence-electron chi connectivity index (χ3n) is 4.88. The summed E-state index contributed by atoms with van der Waals surface area (Å²) in [7, 11) is -3.42. The molecular weight excluding hydrogens is 430 g/mol. The van der Waals surface area contributed by atoms with Crippen LogP contribution in [0.1, 0.15) is 0 Å². The molecule has 3 aromatic heterocycles. The van der Waals surface area contributed by atoms with E-state index in [0.29, 0.717) is 16.9 Å². The molecule has 5 aromatic rings. The van der Waals surface area contributed by atoms with Gasteiger partial charge in [0.25, 0.3) is 0 Å². The quantitative estimate of drug-likeness (QED) is 0.413. The van der Waals surface area contributed by atoms with E-state index in [-0.39, 0.29) is 4.90 Å². The van der Waals surface area contributed by atoms with Gasteiger partial charge in [0.15, 0.2) is 9.84 Å². The van der Waals surface area contributed by atoms with Crippen LogP contribution in [0.4, 0.5) is 16.4 Å². The average molecular weight is 448 g/mol. The molecule has 154 valence electrons. The fourth-order valence-corrected chi connectivity index (χ4v) is 5.18. The molecule has 5 rings (SSSR count). The van der Waals surface area contributed by atoms with Crippen molar-refractivity contribution in [2.45, 2.75) is 4.90 Å². The molecule has 0 saturated heterocycles. The summed E-state index contributed by atoms with van der Waals surface area (Å²) in [5.41, 5.74) is 10.3. The second kappa shape index (κ2) is 7.29. The third kappa shape index (κ3) is 3.69. The Morgan fingerprint density at radius 3 is 2.68 bits per heavy atom. The van der Waals surface area contributed by atoms with Crippen LogP contribution in [0.2, 0.25) is 0 Å². The fraction of sp³-hybridized carbons (Fsp3) is 0.0455. The number of anilines is 3. The molecule has 0 fully saturated rings. The molecule has 31 heavy (non-hydrogen) atoms. The number of nitrogens with one attached hydrogen (secondary N) is 1. The van der Waals surface area contributed by atoms with E-state index in [2.05, 4.69) is 26.3 Å². The molecule has 2 aromatic carbocycles. The van der Waals surface area contributed by atoms with Crippen molar-refractivity contribution in [3.63, 3.8) is 0 Å². The number of sulfone groups is 1. The highest BCUT2D eigenvalue weighted by atomic mass is 32.2. The smallest absolute Gasteiger partial charge is 0.177 e. The second-order valence-corrected chi connectivity index (χ2v) is 10.2. The highest BCUT2D eigenvalue weighted by Gasteiger charge is 2.15. The first-order valence-electron chi connectivity index (χ1n) is 9.34. The van der Waals surface area contributed by atoms with Crippen LogP contribution in [0.25, 0.3) is 32.2 Å². The summed E-state index contributed by atoms with van der Waals surface area (Å²) in [5.74, 6) is 0. The summed E-state index contributed by atoms with van der Waals surface area (Å²) in [4.78, 5) is 13.2. The zero-order valence-corrected chi connectivity index (χ0v) is 18.0. The number of pyridine rings is 1. The molecule has 0 saturated carbocycles. The molecule has 0 unspecified atom stereocenters. The van der Waals surface area contributed by atoms with Crippen LogP contribution < -0.4 is 11.1 Å². The van der Waals surface area contributed by atoms with Gasteiger partial charge in [0, 0.05) is 40.8 Å². The van der Waals surface area contributed by atoms with E-state index in [4.69, 9.17) is 5.73 Å². The van der Waals surface area contributed by atoms with Crippen LogP contribution >= 0.6 is 11.3 Å². The number of thiophene rings is 1. The van der Waals surface area contributed by atoms with E-state index in [1.807, 2.05) is 30.3 Å². The van der Waals surface area contributed by atoms with Gasteiger partial charge in [-0.3, -0.25) is 15.0 Å². The lowest BCUT2D eigenvalue weighted by Crippen LogP contribution is -2.03. The first kappa shape index (κ1) is 19.4. The van der Waals surface area contributed by atoms with E-state index in [0.717, 1.165) is 31.7 Å². The normalized spacial score (nSPS) is 11.8. The molecule has 0 radical (unpaired) electrons. The molecule has 9 heteroatoms. The molecule has 0 atom stereocenters. The molecule has 0 bridgehead atoms. The number of nitrogens with zero attached hydrogens (tertiary/aromatic N) is 3. The van der Waals surface area contributed by atoms with Crippen molar-refractivity contribution in [3.8, 4) is 11.1 Å². The number of hydrogen-bond donors (Lipinski definition) is 2. The van der Waals surface area contributed by atoms with Crippen molar-refractivity contribution in [2.75, 3.05) is 17.3 Å². The number of nitrogens with two attached hydrogens (primary N) is 1. The minimum absolute atomic E-state index is 0.179. The molecular formula is C22H17N5O2S2. The number of fused-ring (bicyclic) bond motifs is 2. The lowest BCUT2D eigenvalue weighted by molar-refractivity contribution is 0.602. The van der Waals surface area contributed by atoms with Gasteiger partial charge in [0.2, 0.25) is 0 Å². The van der Waals surface area contributed by atoms with E-state index in [1.165, 1.54) is 24.7 Å². The van der Waals surface area contributed by atoms with E-state index in [9.17, 15) is 8.42 Å². The van der Waals surface area contributed by atoms with Gasteiger partial charge in [0.05, 0.1) is 32.8 Å². The number of hydrogen-bond acceptors (Lipinski definition) is 8. The number of rotatable bonds is 4. The fourth-order valence-electron chi connectivity index (χ4n) is 3.55. The Labute approximate surface area is 182 Å². The van der Waals surface area contributed by atoms with Crippen LogP contribution in [0.5, 0.6) is 0 Å². The Hall–Kier alpha value is -3.56. The summed E-state index contributed by atoms with van der Waals surface area (Å²) in [6.07, 6.45) is 7.41. The van der Waals surface area contributed by atoms with E-state index in [1.54, 1.807) is 23.7 Å². The van der Waals surface area contributed by atoms with Gasteiger partial charge in [-0.05, 0) is 47.3 Å². The van der Waals surface area contributed by atoms with Crippen molar-refractivity contribution in [3.05, 3.63) is 67.3 Å². The topological polar surface area (TPSA) is 111 Å². The molecule has 3 N–H and O–H groups in total. The van der Waals surface area contributed by atoms with Gasteiger partial charge >= 0.3 is 0 Å².